The van der Waals surface area contributed by atoms with Crippen LogP contribution in [0.4, 0.5) is 14.5 Å². The number of aromatic amines is 1. The highest BCUT2D eigenvalue weighted by molar-refractivity contribution is 6.06. The van der Waals surface area contributed by atoms with E-state index in [4.69, 9.17) is 11.1 Å². The first-order valence-electron chi connectivity index (χ1n) is 11.1. The molecule has 0 saturated carbocycles. The van der Waals surface area contributed by atoms with Crippen molar-refractivity contribution in [2.45, 2.75) is 32.9 Å². The fourth-order valence-electron chi connectivity index (χ4n) is 4.42. The molecule has 0 unspecified atom stereocenters. The summed E-state index contributed by atoms with van der Waals surface area (Å²) in [7, 11) is 0. The maximum atomic E-state index is 13.3. The zero-order valence-corrected chi connectivity index (χ0v) is 20.0. The lowest BCUT2D eigenvalue weighted by Gasteiger charge is -2.45. The maximum Gasteiger partial charge on any atom is 0.333 e. The molecule has 0 bridgehead atoms. The average Bonchev–Trinajstić information content (AvgIpc) is 3.48. The van der Waals surface area contributed by atoms with E-state index in [-0.39, 0.29) is 17.6 Å². The van der Waals surface area contributed by atoms with Crippen molar-refractivity contribution in [3.05, 3.63) is 48.4 Å². The van der Waals surface area contributed by atoms with Gasteiger partial charge in [0.15, 0.2) is 0 Å². The smallest absolute Gasteiger partial charge is 0.333 e. The van der Waals surface area contributed by atoms with E-state index in [1.165, 1.54) is 19.3 Å². The molecule has 1 aliphatic rings. The van der Waals surface area contributed by atoms with E-state index in [0.29, 0.717) is 51.5 Å². The van der Waals surface area contributed by atoms with E-state index in [9.17, 15) is 18.4 Å². The minimum absolute atomic E-state index is 0.00415. The summed E-state index contributed by atoms with van der Waals surface area (Å²) in [5, 5.41) is 10.9. The topological polar surface area (TPSA) is 136 Å². The average molecular weight is 497 g/mol. The van der Waals surface area contributed by atoms with E-state index in [1.807, 2.05) is 18.2 Å². The molecule has 0 atom stereocenters. The van der Waals surface area contributed by atoms with Crippen molar-refractivity contribution < 1.29 is 18.4 Å². The second-order valence-corrected chi connectivity index (χ2v) is 8.84. The van der Waals surface area contributed by atoms with Crippen LogP contribution in [0.3, 0.4) is 0 Å². The van der Waals surface area contributed by atoms with Gasteiger partial charge in [-0.05, 0) is 32.0 Å². The van der Waals surface area contributed by atoms with Gasteiger partial charge < -0.3 is 20.5 Å². The number of halogens is 2. The molecule has 0 spiro atoms. The molecule has 2 aromatic heterocycles. The molecule has 0 aliphatic carbocycles. The predicted molar refractivity (Wildman–Crippen MR) is 132 cm³/mol. The molecule has 3 aromatic rings. The number of carbonyl (C=O) groups excluding carboxylic acids is 2. The van der Waals surface area contributed by atoms with E-state index < -0.39 is 12.1 Å². The number of nitrogens with one attached hydrogen (secondary N) is 2. The molecule has 188 valence electrons. The number of benzene rings is 1. The zero-order valence-electron chi connectivity index (χ0n) is 20.0. The highest BCUT2D eigenvalue weighted by Crippen LogP contribution is 2.33. The van der Waals surface area contributed by atoms with Crippen LogP contribution in [-0.4, -0.2) is 62.3 Å². The Bertz CT molecular complexity index is 1360. The molecular formula is C24H26F2N8O2. The third-order valence-corrected chi connectivity index (χ3v) is 6.23. The lowest BCUT2D eigenvalue weighted by Crippen LogP contribution is -2.64. The number of hydrogen-bond donors (Lipinski definition) is 3. The van der Waals surface area contributed by atoms with E-state index >= 15 is 0 Å². The van der Waals surface area contributed by atoms with Gasteiger partial charge in [0.1, 0.15) is 17.7 Å². The lowest BCUT2D eigenvalue weighted by atomic mass is 9.96. The number of H-pyrrole nitrogens is 1. The maximum absolute atomic E-state index is 13.3. The molecule has 36 heavy (non-hydrogen) atoms. The minimum atomic E-state index is -2.80. The quantitative estimate of drug-likeness (QED) is 0.356. The normalized spacial score (nSPS) is 16.1. The lowest BCUT2D eigenvalue weighted by molar-refractivity contribution is -0.145. The van der Waals surface area contributed by atoms with Crippen molar-refractivity contribution in [3.63, 3.8) is 0 Å². The minimum Gasteiger partial charge on any atom is -0.382 e. The van der Waals surface area contributed by atoms with Crippen molar-refractivity contribution in [3.8, 4) is 22.4 Å². The van der Waals surface area contributed by atoms with Gasteiger partial charge in [-0.25, -0.2) is 9.67 Å². The molecule has 4 N–H and O–H groups in total. The van der Waals surface area contributed by atoms with Crippen LogP contribution in [0.5, 0.6) is 0 Å². The Labute approximate surface area is 205 Å². The molecule has 2 amide bonds. The Morgan fingerprint density at radius 3 is 2.67 bits per heavy atom. The summed E-state index contributed by atoms with van der Waals surface area (Å²) < 4.78 is 26.7. The van der Waals surface area contributed by atoms with Gasteiger partial charge in [0.05, 0.1) is 11.9 Å². The first-order valence-corrected chi connectivity index (χ1v) is 11.1. The van der Waals surface area contributed by atoms with Crippen molar-refractivity contribution in [1.29, 1.82) is 5.41 Å². The summed E-state index contributed by atoms with van der Waals surface area (Å²) in [4.78, 5) is 35.5. The van der Waals surface area contributed by atoms with Crippen molar-refractivity contribution >= 4 is 29.7 Å². The van der Waals surface area contributed by atoms with Gasteiger partial charge in [-0.3, -0.25) is 15.0 Å². The highest BCUT2D eigenvalue weighted by atomic mass is 19.3. The summed E-state index contributed by atoms with van der Waals surface area (Å²) in [5.74, 6) is -0.354. The van der Waals surface area contributed by atoms with E-state index in [2.05, 4.69) is 15.1 Å². The number of nitrogens with two attached hydrogens (primary N) is 1. The molecular weight excluding hydrogens is 470 g/mol. The first kappa shape index (κ1) is 24.8. The number of anilines is 1. The van der Waals surface area contributed by atoms with Crippen LogP contribution < -0.4 is 10.6 Å². The standard InChI is InChI=1S/C24H26F2N8O2/c1-14(35)33-8-7-32(22(36)24(33,2)3)17-6-4-5-15(9-17)19-10-18(20(31-19)21(28)29-13-27)16-11-30-34(12-16)23(25)26/h4-6,9-13,23,31H,7-8H2,1-3H3,(H3,27,28,29). The van der Waals surface area contributed by atoms with Gasteiger partial charge in [0.25, 0.3) is 5.91 Å². The van der Waals surface area contributed by atoms with E-state index in [1.54, 1.807) is 35.8 Å². The van der Waals surface area contributed by atoms with Gasteiger partial charge in [-0.15, -0.1) is 0 Å². The van der Waals surface area contributed by atoms with Crippen LogP contribution >= 0.6 is 0 Å². The largest absolute Gasteiger partial charge is 0.382 e. The van der Waals surface area contributed by atoms with Crippen molar-refractivity contribution in [1.82, 2.24) is 19.7 Å². The van der Waals surface area contributed by atoms with Crippen LogP contribution in [0, 0.1) is 5.41 Å². The molecule has 0 radical (unpaired) electrons. The van der Waals surface area contributed by atoms with Crippen molar-refractivity contribution in [2.75, 3.05) is 18.0 Å². The number of carbonyl (C=O) groups is 2. The number of aromatic nitrogens is 3. The van der Waals surface area contributed by atoms with Crippen LogP contribution in [0.15, 0.2) is 47.7 Å². The van der Waals surface area contributed by atoms with Gasteiger partial charge >= 0.3 is 6.55 Å². The molecule has 1 aliphatic heterocycles. The predicted octanol–water partition coefficient (Wildman–Crippen LogP) is 3.23. The van der Waals surface area contributed by atoms with Crippen LogP contribution in [-0.2, 0) is 9.59 Å². The number of amidine groups is 1. The fraction of sp³-hybridized carbons (Fsp3) is 0.292. The summed E-state index contributed by atoms with van der Waals surface area (Å²) in [5.41, 5.74) is 8.24. The van der Waals surface area contributed by atoms with Gasteiger partial charge in [0.2, 0.25) is 5.91 Å². The summed E-state index contributed by atoms with van der Waals surface area (Å²) >= 11 is 0. The van der Waals surface area contributed by atoms with Gasteiger partial charge in [-0.1, -0.05) is 12.1 Å². The third-order valence-electron chi connectivity index (χ3n) is 6.23. The Hall–Kier alpha value is -4.35. The van der Waals surface area contributed by atoms with Crippen LogP contribution in [0.25, 0.3) is 22.4 Å². The molecule has 1 aromatic carbocycles. The first-order chi connectivity index (χ1) is 17.0. The number of alkyl halides is 2. The van der Waals surface area contributed by atoms with Gasteiger partial charge in [0, 0.05) is 54.3 Å². The number of rotatable bonds is 6. The Morgan fingerprint density at radius 2 is 2.03 bits per heavy atom. The Balaban J connectivity index is 1.74. The summed E-state index contributed by atoms with van der Waals surface area (Å²) in [6.07, 6.45) is 3.29. The number of hydrogen-bond acceptors (Lipinski definition) is 4. The highest BCUT2D eigenvalue weighted by Gasteiger charge is 2.43. The van der Waals surface area contributed by atoms with Crippen molar-refractivity contribution in [2.24, 2.45) is 10.7 Å². The molecule has 1 saturated heterocycles. The van der Waals surface area contributed by atoms with Crippen LogP contribution in [0.1, 0.15) is 33.0 Å². The molecule has 10 nitrogen and oxygen atoms in total. The third kappa shape index (κ3) is 4.37. The molecule has 1 fully saturated rings. The van der Waals surface area contributed by atoms with Crippen LogP contribution in [0.2, 0.25) is 0 Å². The summed E-state index contributed by atoms with van der Waals surface area (Å²) in [6, 6.07) is 8.99. The van der Waals surface area contributed by atoms with Gasteiger partial charge in [-0.2, -0.15) is 13.9 Å². The number of aliphatic imine (C=N–C) groups is 1. The number of amides is 2. The molecule has 3 heterocycles. The fourth-order valence-corrected chi connectivity index (χ4v) is 4.42. The Morgan fingerprint density at radius 1 is 1.28 bits per heavy atom. The SMILES string of the molecule is CC(=O)N1CCN(c2cccc(-c3cc(-c4cnn(C(F)F)c4)c(C(N)=NC=N)[nH]3)c2)C(=O)C1(C)C. The Kier molecular flexibility index (Phi) is 6.44. The number of nitrogens with zero attached hydrogens (tertiary/aromatic N) is 5. The zero-order chi connectivity index (χ0) is 26.2. The molecule has 4 rings (SSSR count). The monoisotopic (exact) mass is 496 g/mol. The second kappa shape index (κ2) is 9.36. The second-order valence-electron chi connectivity index (χ2n) is 8.84. The summed E-state index contributed by atoms with van der Waals surface area (Å²) in [6.45, 7) is 2.85. The number of piperazine rings is 1. The molecule has 12 heteroatoms. The van der Waals surface area contributed by atoms with E-state index in [0.717, 1.165) is 6.34 Å².